The summed E-state index contributed by atoms with van der Waals surface area (Å²) in [6.07, 6.45) is 1.41. The lowest BCUT2D eigenvalue weighted by Gasteiger charge is -2.15. The van der Waals surface area contributed by atoms with Gasteiger partial charge in [0.25, 0.3) is 0 Å². The molecule has 0 atom stereocenters. The van der Waals surface area contributed by atoms with Crippen molar-refractivity contribution >= 4 is 11.9 Å². The number of amides is 1. The van der Waals surface area contributed by atoms with Crippen molar-refractivity contribution in [3.05, 3.63) is 35.9 Å². The van der Waals surface area contributed by atoms with Gasteiger partial charge in [0, 0.05) is 13.0 Å². The van der Waals surface area contributed by atoms with E-state index in [2.05, 4.69) is 0 Å². The van der Waals surface area contributed by atoms with Gasteiger partial charge in [-0.3, -0.25) is 4.79 Å². The number of rotatable bonds is 3. The second kappa shape index (κ2) is 4.79. The molecule has 16 heavy (non-hydrogen) atoms. The van der Waals surface area contributed by atoms with E-state index >= 15 is 0 Å². The van der Waals surface area contributed by atoms with Crippen molar-refractivity contribution in [3.8, 4) is 0 Å². The number of benzene rings is 1. The van der Waals surface area contributed by atoms with E-state index in [0.717, 1.165) is 6.42 Å². The third kappa shape index (κ3) is 2.39. The van der Waals surface area contributed by atoms with E-state index in [9.17, 15) is 9.59 Å². The lowest BCUT2D eigenvalue weighted by molar-refractivity contribution is -0.130. The Kier molecular flexibility index (Phi) is 3.19. The smallest absolute Gasteiger partial charge is 0.339 e. The third-order valence-electron chi connectivity index (χ3n) is 2.53. The van der Waals surface area contributed by atoms with Crippen molar-refractivity contribution in [1.29, 1.82) is 0 Å². The average Bonchev–Trinajstić information content (AvgIpc) is 2.73. The summed E-state index contributed by atoms with van der Waals surface area (Å²) in [4.78, 5) is 24.4. The molecule has 4 heteroatoms. The molecule has 2 rings (SSSR count). The monoisotopic (exact) mass is 219 g/mol. The summed E-state index contributed by atoms with van der Waals surface area (Å²) >= 11 is 0. The zero-order chi connectivity index (χ0) is 11.4. The molecule has 1 aromatic carbocycles. The molecule has 0 bridgehead atoms. The van der Waals surface area contributed by atoms with Gasteiger partial charge in [-0.1, -0.05) is 18.2 Å². The molecule has 0 unspecified atom stereocenters. The fourth-order valence-corrected chi connectivity index (χ4v) is 1.63. The highest BCUT2D eigenvalue weighted by molar-refractivity contribution is 5.89. The van der Waals surface area contributed by atoms with Crippen molar-refractivity contribution in [3.63, 3.8) is 0 Å². The Morgan fingerprint density at radius 3 is 2.69 bits per heavy atom. The second-order valence-electron chi connectivity index (χ2n) is 3.69. The summed E-state index contributed by atoms with van der Waals surface area (Å²) in [6, 6.07) is 8.76. The molecular formula is C12H13NO3. The number of carbonyl (C=O) groups is 2. The van der Waals surface area contributed by atoms with Crippen LogP contribution in [0.25, 0.3) is 0 Å². The molecule has 1 aliphatic heterocycles. The molecule has 0 spiro atoms. The van der Waals surface area contributed by atoms with Crippen molar-refractivity contribution in [2.45, 2.75) is 12.8 Å². The lowest BCUT2D eigenvalue weighted by atomic mass is 10.2. The fourth-order valence-electron chi connectivity index (χ4n) is 1.63. The minimum atomic E-state index is -0.389. The maximum absolute atomic E-state index is 11.5. The highest BCUT2D eigenvalue weighted by atomic mass is 16.5. The number of likely N-dealkylation sites (tertiary alicyclic amines) is 1. The van der Waals surface area contributed by atoms with Gasteiger partial charge in [-0.25, -0.2) is 4.79 Å². The summed E-state index contributed by atoms with van der Waals surface area (Å²) in [6.45, 7) is 0.744. The summed E-state index contributed by atoms with van der Waals surface area (Å²) in [5.74, 6) is -0.332. The molecule has 1 saturated heterocycles. The van der Waals surface area contributed by atoms with Gasteiger partial charge in [-0.2, -0.15) is 0 Å². The van der Waals surface area contributed by atoms with Gasteiger partial charge in [-0.05, 0) is 18.6 Å². The average molecular weight is 219 g/mol. The zero-order valence-electron chi connectivity index (χ0n) is 8.89. The number of nitrogens with zero attached hydrogens (tertiary/aromatic N) is 1. The summed E-state index contributed by atoms with van der Waals surface area (Å²) < 4.78 is 5.05. The maximum Gasteiger partial charge on any atom is 0.339 e. The van der Waals surface area contributed by atoms with Crippen molar-refractivity contribution in [2.24, 2.45) is 0 Å². The highest BCUT2D eigenvalue weighted by Gasteiger charge is 2.21. The fraction of sp³-hybridized carbons (Fsp3) is 0.333. The molecule has 0 N–H and O–H groups in total. The van der Waals surface area contributed by atoms with Gasteiger partial charge in [0.15, 0.2) is 6.73 Å². The first-order valence-electron chi connectivity index (χ1n) is 5.27. The molecule has 1 aromatic rings. The highest BCUT2D eigenvalue weighted by Crippen LogP contribution is 2.10. The predicted molar refractivity (Wildman–Crippen MR) is 57.7 cm³/mol. The first-order valence-corrected chi connectivity index (χ1v) is 5.27. The molecule has 4 nitrogen and oxygen atoms in total. The van der Waals surface area contributed by atoms with Crippen LogP contribution in [0, 0.1) is 0 Å². The first-order chi connectivity index (χ1) is 7.77. The summed E-state index contributed by atoms with van der Waals surface area (Å²) in [5, 5.41) is 0. The molecule has 0 radical (unpaired) electrons. The molecule has 1 heterocycles. The van der Waals surface area contributed by atoms with E-state index in [4.69, 9.17) is 4.74 Å². The molecule has 1 fully saturated rings. The minimum absolute atomic E-state index is 0.0564. The van der Waals surface area contributed by atoms with E-state index in [1.165, 1.54) is 0 Å². The molecule has 0 aromatic heterocycles. The van der Waals surface area contributed by atoms with Gasteiger partial charge >= 0.3 is 5.97 Å². The zero-order valence-corrected chi connectivity index (χ0v) is 8.89. The standard InChI is InChI=1S/C12H13NO3/c14-11-7-4-8-13(11)9-16-12(15)10-5-2-1-3-6-10/h1-3,5-6H,4,7-9H2. The molecule has 0 aliphatic carbocycles. The topological polar surface area (TPSA) is 46.6 Å². The van der Waals surface area contributed by atoms with E-state index in [0.29, 0.717) is 18.5 Å². The van der Waals surface area contributed by atoms with E-state index < -0.39 is 0 Å². The van der Waals surface area contributed by atoms with Crippen LogP contribution in [-0.4, -0.2) is 30.1 Å². The molecular weight excluding hydrogens is 206 g/mol. The largest absolute Gasteiger partial charge is 0.441 e. The van der Waals surface area contributed by atoms with Gasteiger partial charge < -0.3 is 9.64 Å². The van der Waals surface area contributed by atoms with Crippen molar-refractivity contribution in [1.82, 2.24) is 4.90 Å². The van der Waals surface area contributed by atoms with Crippen molar-refractivity contribution in [2.75, 3.05) is 13.3 Å². The Balaban J connectivity index is 1.87. The second-order valence-corrected chi connectivity index (χ2v) is 3.69. The minimum Gasteiger partial charge on any atom is -0.441 e. The SMILES string of the molecule is O=C(OCN1CCCC1=O)c1ccccc1. The number of esters is 1. The number of carbonyl (C=O) groups excluding carboxylic acids is 2. The van der Waals surface area contributed by atoms with E-state index in [1.54, 1.807) is 29.2 Å². The first kappa shape index (κ1) is 10.7. The Morgan fingerprint density at radius 1 is 1.31 bits per heavy atom. The molecule has 1 amide bonds. The van der Waals surface area contributed by atoms with Crippen LogP contribution < -0.4 is 0 Å². The normalized spacial score (nSPS) is 15.2. The Bertz CT molecular complexity index is 389. The number of hydrogen-bond donors (Lipinski definition) is 0. The molecule has 0 saturated carbocycles. The van der Waals surface area contributed by atoms with Crippen LogP contribution in [0.3, 0.4) is 0 Å². The van der Waals surface area contributed by atoms with Crippen LogP contribution in [0.1, 0.15) is 23.2 Å². The summed E-state index contributed by atoms with van der Waals surface area (Å²) in [7, 11) is 0. The van der Waals surface area contributed by atoms with Crippen LogP contribution in [-0.2, 0) is 9.53 Å². The Hall–Kier alpha value is -1.84. The third-order valence-corrected chi connectivity index (χ3v) is 2.53. The number of hydrogen-bond acceptors (Lipinski definition) is 3. The Morgan fingerprint density at radius 2 is 2.06 bits per heavy atom. The Labute approximate surface area is 93.8 Å². The summed E-state index contributed by atoms with van der Waals surface area (Å²) in [5.41, 5.74) is 0.508. The number of ether oxygens (including phenoxy) is 1. The molecule has 1 aliphatic rings. The van der Waals surface area contributed by atoms with Crippen LogP contribution in [0.5, 0.6) is 0 Å². The van der Waals surface area contributed by atoms with Crippen LogP contribution in [0.4, 0.5) is 0 Å². The quantitative estimate of drug-likeness (QED) is 0.722. The van der Waals surface area contributed by atoms with E-state index in [-0.39, 0.29) is 18.6 Å². The van der Waals surface area contributed by atoms with Gasteiger partial charge in [-0.15, -0.1) is 0 Å². The van der Waals surface area contributed by atoms with Crippen LogP contribution in [0.2, 0.25) is 0 Å². The molecule has 84 valence electrons. The van der Waals surface area contributed by atoms with Gasteiger partial charge in [0.05, 0.1) is 5.56 Å². The van der Waals surface area contributed by atoms with Crippen molar-refractivity contribution < 1.29 is 14.3 Å². The van der Waals surface area contributed by atoms with Crippen LogP contribution in [0.15, 0.2) is 30.3 Å². The van der Waals surface area contributed by atoms with E-state index in [1.807, 2.05) is 6.07 Å². The van der Waals surface area contributed by atoms with Gasteiger partial charge in [0.2, 0.25) is 5.91 Å². The van der Waals surface area contributed by atoms with Crippen LogP contribution >= 0.6 is 0 Å². The van der Waals surface area contributed by atoms with Gasteiger partial charge in [0.1, 0.15) is 0 Å². The predicted octanol–water partition coefficient (Wildman–Crippen LogP) is 1.42. The maximum atomic E-state index is 11.5. The lowest BCUT2D eigenvalue weighted by Crippen LogP contribution is -2.28.